The van der Waals surface area contributed by atoms with Crippen LogP contribution in [-0.4, -0.2) is 17.8 Å². The smallest absolute Gasteiger partial charge is 0.0716 e. The van der Waals surface area contributed by atoms with E-state index in [1.54, 1.807) is 0 Å². The van der Waals surface area contributed by atoms with Crippen LogP contribution in [0.15, 0.2) is 42.5 Å². The predicted molar refractivity (Wildman–Crippen MR) is 89.2 cm³/mol. The summed E-state index contributed by atoms with van der Waals surface area (Å²) < 4.78 is 5.58. The molecule has 0 aliphatic rings. The molecule has 1 atom stereocenters. The lowest BCUT2D eigenvalue weighted by Gasteiger charge is -2.08. The zero-order valence-electron chi connectivity index (χ0n) is 13.3. The van der Waals surface area contributed by atoms with Crippen LogP contribution in [0.25, 0.3) is 0 Å². The van der Waals surface area contributed by atoms with Crippen LogP contribution in [0.5, 0.6) is 0 Å². The third kappa shape index (κ3) is 10.3. The topological polar surface area (TPSA) is 29.5 Å². The molecule has 0 fully saturated rings. The van der Waals surface area contributed by atoms with Crippen LogP contribution in [0.2, 0.25) is 0 Å². The summed E-state index contributed by atoms with van der Waals surface area (Å²) in [6.07, 6.45) is 11.8. The summed E-state index contributed by atoms with van der Waals surface area (Å²) in [6.45, 7) is 3.47. The second kappa shape index (κ2) is 12.6. The van der Waals surface area contributed by atoms with E-state index >= 15 is 0 Å². The van der Waals surface area contributed by atoms with Gasteiger partial charge in [-0.1, -0.05) is 68.7 Å². The first-order chi connectivity index (χ1) is 10.3. The molecule has 1 rings (SSSR count). The van der Waals surface area contributed by atoms with E-state index in [-0.39, 0.29) is 6.10 Å². The standard InChI is InChI=1S/C19H30O2/c1-2-3-4-5-6-7-11-14-19(20)15-16-21-17-18-12-9-8-10-13-18/h7-13,19-20H,2-6,14-17H2,1H3/b11-7+/t19-/m1/s1. The van der Waals surface area contributed by atoms with Crippen LogP contribution < -0.4 is 0 Å². The van der Waals surface area contributed by atoms with E-state index < -0.39 is 0 Å². The molecule has 0 saturated carbocycles. The maximum absolute atomic E-state index is 9.86. The lowest BCUT2D eigenvalue weighted by molar-refractivity contribution is 0.0746. The van der Waals surface area contributed by atoms with Gasteiger partial charge in [0.1, 0.15) is 0 Å². The molecule has 0 aromatic heterocycles. The van der Waals surface area contributed by atoms with E-state index in [2.05, 4.69) is 31.2 Å². The molecule has 118 valence electrons. The molecule has 21 heavy (non-hydrogen) atoms. The van der Waals surface area contributed by atoms with E-state index in [9.17, 15) is 5.11 Å². The van der Waals surface area contributed by atoms with Gasteiger partial charge in [0, 0.05) is 6.61 Å². The monoisotopic (exact) mass is 290 g/mol. The Bertz CT molecular complexity index is 359. The quantitative estimate of drug-likeness (QED) is 0.439. The van der Waals surface area contributed by atoms with Crippen LogP contribution in [0.3, 0.4) is 0 Å². The van der Waals surface area contributed by atoms with Crippen LogP contribution in [-0.2, 0) is 11.3 Å². The first-order valence-corrected chi connectivity index (χ1v) is 8.27. The fourth-order valence-electron chi connectivity index (χ4n) is 2.16. The highest BCUT2D eigenvalue weighted by atomic mass is 16.5. The number of unbranched alkanes of at least 4 members (excludes halogenated alkanes) is 4. The fourth-order valence-corrected chi connectivity index (χ4v) is 2.16. The summed E-state index contributed by atoms with van der Waals surface area (Å²) in [5, 5.41) is 9.86. The third-order valence-corrected chi connectivity index (χ3v) is 3.51. The van der Waals surface area contributed by atoms with Crippen molar-refractivity contribution >= 4 is 0 Å². The van der Waals surface area contributed by atoms with Crippen molar-refractivity contribution in [2.24, 2.45) is 0 Å². The van der Waals surface area contributed by atoms with Crippen molar-refractivity contribution in [3.63, 3.8) is 0 Å². The minimum absolute atomic E-state index is 0.285. The van der Waals surface area contributed by atoms with Crippen molar-refractivity contribution in [1.82, 2.24) is 0 Å². The van der Waals surface area contributed by atoms with Crippen molar-refractivity contribution in [2.45, 2.75) is 64.6 Å². The molecule has 1 N–H and O–H groups in total. The highest BCUT2D eigenvalue weighted by Gasteiger charge is 2.01. The molecule has 1 aromatic rings. The van der Waals surface area contributed by atoms with Gasteiger partial charge in [0.05, 0.1) is 12.7 Å². The summed E-state index contributed by atoms with van der Waals surface area (Å²) in [6, 6.07) is 10.1. The molecule has 0 radical (unpaired) electrons. The molecular formula is C19H30O2. The average molecular weight is 290 g/mol. The van der Waals surface area contributed by atoms with Crippen molar-refractivity contribution < 1.29 is 9.84 Å². The molecule has 1 aromatic carbocycles. The molecule has 0 aliphatic carbocycles. The number of benzene rings is 1. The van der Waals surface area contributed by atoms with Gasteiger partial charge in [-0.3, -0.25) is 0 Å². The normalized spacial score (nSPS) is 12.9. The lowest BCUT2D eigenvalue weighted by atomic mass is 10.1. The van der Waals surface area contributed by atoms with Gasteiger partial charge in [0.15, 0.2) is 0 Å². The van der Waals surface area contributed by atoms with Crippen molar-refractivity contribution in [3.05, 3.63) is 48.0 Å². The summed E-state index contributed by atoms with van der Waals surface area (Å²) in [5.41, 5.74) is 1.18. The first-order valence-electron chi connectivity index (χ1n) is 8.27. The second-order valence-corrected chi connectivity index (χ2v) is 5.54. The molecule has 0 amide bonds. The highest BCUT2D eigenvalue weighted by molar-refractivity contribution is 5.13. The highest BCUT2D eigenvalue weighted by Crippen LogP contribution is 2.06. The predicted octanol–water partition coefficient (Wildman–Crippen LogP) is 4.87. The van der Waals surface area contributed by atoms with Gasteiger partial charge in [-0.15, -0.1) is 0 Å². The van der Waals surface area contributed by atoms with Crippen molar-refractivity contribution in [2.75, 3.05) is 6.61 Å². The van der Waals surface area contributed by atoms with Gasteiger partial charge in [0.25, 0.3) is 0 Å². The first kappa shape index (κ1) is 17.9. The number of hydrogen-bond acceptors (Lipinski definition) is 2. The number of allylic oxidation sites excluding steroid dienone is 1. The van der Waals surface area contributed by atoms with E-state index in [4.69, 9.17) is 4.74 Å². The molecule has 0 heterocycles. The van der Waals surface area contributed by atoms with Crippen molar-refractivity contribution in [3.8, 4) is 0 Å². The van der Waals surface area contributed by atoms with Gasteiger partial charge in [-0.25, -0.2) is 0 Å². The molecule has 2 heteroatoms. The molecule has 0 unspecified atom stereocenters. The number of rotatable bonds is 12. The van der Waals surface area contributed by atoms with E-state index in [1.807, 2.05) is 18.2 Å². The summed E-state index contributed by atoms with van der Waals surface area (Å²) >= 11 is 0. The van der Waals surface area contributed by atoms with Crippen LogP contribution in [0, 0.1) is 0 Å². The molecule has 2 nitrogen and oxygen atoms in total. The minimum Gasteiger partial charge on any atom is -0.393 e. The van der Waals surface area contributed by atoms with Crippen LogP contribution in [0.1, 0.15) is 57.4 Å². The Hall–Kier alpha value is -1.12. The van der Waals surface area contributed by atoms with Gasteiger partial charge in [-0.05, 0) is 31.2 Å². The Labute approximate surface area is 129 Å². The largest absolute Gasteiger partial charge is 0.393 e. The summed E-state index contributed by atoms with van der Waals surface area (Å²) in [5.74, 6) is 0. The SMILES string of the molecule is CCCCCC/C=C/C[C@@H](O)CCOCc1ccccc1. The van der Waals surface area contributed by atoms with Crippen molar-refractivity contribution in [1.29, 1.82) is 0 Å². The number of ether oxygens (including phenoxy) is 1. The summed E-state index contributed by atoms with van der Waals surface area (Å²) in [7, 11) is 0. The maximum Gasteiger partial charge on any atom is 0.0716 e. The van der Waals surface area contributed by atoms with E-state index in [0.29, 0.717) is 19.6 Å². The second-order valence-electron chi connectivity index (χ2n) is 5.54. The van der Waals surface area contributed by atoms with E-state index in [1.165, 1.54) is 31.2 Å². The average Bonchev–Trinajstić information content (AvgIpc) is 2.52. The molecule has 0 saturated heterocycles. The zero-order chi connectivity index (χ0) is 15.2. The van der Waals surface area contributed by atoms with Gasteiger partial charge >= 0.3 is 0 Å². The van der Waals surface area contributed by atoms with Gasteiger partial charge in [-0.2, -0.15) is 0 Å². The molecule has 0 spiro atoms. The lowest BCUT2D eigenvalue weighted by Crippen LogP contribution is -2.09. The van der Waals surface area contributed by atoms with Crippen LogP contribution in [0.4, 0.5) is 0 Å². The number of hydrogen-bond donors (Lipinski definition) is 1. The summed E-state index contributed by atoms with van der Waals surface area (Å²) in [4.78, 5) is 0. The Morgan fingerprint density at radius 3 is 2.67 bits per heavy atom. The Balaban J connectivity index is 1.96. The Morgan fingerprint density at radius 1 is 1.10 bits per heavy atom. The minimum atomic E-state index is -0.285. The van der Waals surface area contributed by atoms with Crippen LogP contribution >= 0.6 is 0 Å². The molecule has 0 bridgehead atoms. The van der Waals surface area contributed by atoms with Gasteiger partial charge < -0.3 is 9.84 Å². The zero-order valence-corrected chi connectivity index (χ0v) is 13.3. The van der Waals surface area contributed by atoms with E-state index in [0.717, 1.165) is 12.8 Å². The Morgan fingerprint density at radius 2 is 1.90 bits per heavy atom. The molecular weight excluding hydrogens is 260 g/mol. The molecule has 0 aliphatic heterocycles. The Kier molecular flexibility index (Phi) is 10.8. The number of aliphatic hydroxyl groups is 1. The maximum atomic E-state index is 9.86. The fraction of sp³-hybridized carbons (Fsp3) is 0.579. The third-order valence-electron chi connectivity index (χ3n) is 3.51. The number of aliphatic hydroxyl groups excluding tert-OH is 1. The van der Waals surface area contributed by atoms with Gasteiger partial charge in [0.2, 0.25) is 0 Å².